The minimum absolute atomic E-state index is 0.110. The maximum absolute atomic E-state index is 12.7. The summed E-state index contributed by atoms with van der Waals surface area (Å²) in [4.78, 5) is 28.0. The van der Waals surface area contributed by atoms with Gasteiger partial charge in [-0.05, 0) is 49.0 Å². The molecule has 2 fully saturated rings. The second kappa shape index (κ2) is 8.26. The first-order valence-electron chi connectivity index (χ1n) is 9.08. The standard InChI is InChI=1S/C16H26N6O3/c1-2-25-16(24)21-9-7-20(8-10-21)15(23)14-5-3-13(4-6-14)11-22-12-17-18-19-22/h12-14H,2-11H2,1H3. The number of piperazine rings is 1. The zero-order valence-electron chi connectivity index (χ0n) is 14.7. The lowest BCUT2D eigenvalue weighted by atomic mass is 9.81. The zero-order valence-corrected chi connectivity index (χ0v) is 14.7. The molecule has 0 atom stereocenters. The van der Waals surface area contributed by atoms with E-state index < -0.39 is 0 Å². The Bertz CT molecular complexity index is 562. The minimum Gasteiger partial charge on any atom is -0.450 e. The third-order valence-electron chi connectivity index (χ3n) is 5.15. The number of nitrogens with zero attached hydrogens (tertiary/aromatic N) is 6. The van der Waals surface area contributed by atoms with Gasteiger partial charge in [0, 0.05) is 38.6 Å². The van der Waals surface area contributed by atoms with Crippen molar-refractivity contribution in [2.24, 2.45) is 11.8 Å². The number of hydrogen-bond acceptors (Lipinski definition) is 6. The Morgan fingerprint density at radius 3 is 2.36 bits per heavy atom. The van der Waals surface area contributed by atoms with Crippen LogP contribution in [0, 0.1) is 11.8 Å². The van der Waals surface area contributed by atoms with Gasteiger partial charge in [0.05, 0.1) is 6.61 Å². The lowest BCUT2D eigenvalue weighted by molar-refractivity contribution is -0.138. The molecule has 0 aromatic carbocycles. The van der Waals surface area contributed by atoms with Gasteiger partial charge in [-0.25, -0.2) is 9.48 Å². The normalized spacial score (nSPS) is 24.2. The van der Waals surface area contributed by atoms with E-state index in [1.807, 2.05) is 4.90 Å². The molecule has 0 spiro atoms. The van der Waals surface area contributed by atoms with Crippen LogP contribution in [0.2, 0.25) is 0 Å². The van der Waals surface area contributed by atoms with Gasteiger partial charge in [-0.2, -0.15) is 0 Å². The van der Waals surface area contributed by atoms with Gasteiger partial charge in [-0.3, -0.25) is 4.79 Å². The molecule has 1 aromatic heterocycles. The van der Waals surface area contributed by atoms with Gasteiger partial charge >= 0.3 is 6.09 Å². The van der Waals surface area contributed by atoms with Crippen molar-refractivity contribution in [3.05, 3.63) is 6.33 Å². The van der Waals surface area contributed by atoms with E-state index >= 15 is 0 Å². The molecule has 2 heterocycles. The fourth-order valence-corrected chi connectivity index (χ4v) is 3.70. The molecule has 9 heteroatoms. The van der Waals surface area contributed by atoms with Crippen molar-refractivity contribution in [1.29, 1.82) is 0 Å². The number of aromatic nitrogens is 4. The lowest BCUT2D eigenvalue weighted by Crippen LogP contribution is -2.52. The molecular weight excluding hydrogens is 324 g/mol. The molecule has 2 amide bonds. The molecule has 1 saturated heterocycles. The Kier molecular flexibility index (Phi) is 5.83. The molecule has 1 aliphatic heterocycles. The van der Waals surface area contributed by atoms with Crippen molar-refractivity contribution >= 4 is 12.0 Å². The largest absolute Gasteiger partial charge is 0.450 e. The molecule has 138 valence electrons. The first-order chi connectivity index (χ1) is 12.2. The third kappa shape index (κ3) is 4.46. The van der Waals surface area contributed by atoms with E-state index in [-0.39, 0.29) is 17.9 Å². The van der Waals surface area contributed by atoms with E-state index in [0.717, 1.165) is 32.2 Å². The number of rotatable bonds is 4. The van der Waals surface area contributed by atoms with E-state index in [1.54, 1.807) is 22.8 Å². The van der Waals surface area contributed by atoms with Gasteiger partial charge in [-0.15, -0.1) is 5.10 Å². The van der Waals surface area contributed by atoms with Crippen LogP contribution in [0.15, 0.2) is 6.33 Å². The first kappa shape index (κ1) is 17.6. The fraction of sp³-hybridized carbons (Fsp3) is 0.812. The van der Waals surface area contributed by atoms with Crippen molar-refractivity contribution in [1.82, 2.24) is 30.0 Å². The predicted molar refractivity (Wildman–Crippen MR) is 88.4 cm³/mol. The summed E-state index contributed by atoms with van der Waals surface area (Å²) < 4.78 is 6.78. The highest BCUT2D eigenvalue weighted by Gasteiger charge is 2.32. The summed E-state index contributed by atoms with van der Waals surface area (Å²) in [6, 6.07) is 0. The van der Waals surface area contributed by atoms with Crippen LogP contribution in [-0.4, -0.2) is 74.8 Å². The smallest absolute Gasteiger partial charge is 0.409 e. The summed E-state index contributed by atoms with van der Waals surface area (Å²) in [7, 11) is 0. The highest BCUT2D eigenvalue weighted by Crippen LogP contribution is 2.31. The predicted octanol–water partition coefficient (Wildman–Crippen LogP) is 0.780. The maximum atomic E-state index is 12.7. The molecule has 0 N–H and O–H groups in total. The molecular formula is C16H26N6O3. The topological polar surface area (TPSA) is 93.5 Å². The average molecular weight is 350 g/mol. The molecule has 25 heavy (non-hydrogen) atoms. The van der Waals surface area contributed by atoms with Crippen LogP contribution in [0.5, 0.6) is 0 Å². The molecule has 3 rings (SSSR count). The van der Waals surface area contributed by atoms with Gasteiger partial charge in [0.15, 0.2) is 0 Å². The molecule has 1 aliphatic carbocycles. The number of tetrazole rings is 1. The van der Waals surface area contributed by atoms with Gasteiger partial charge in [0.2, 0.25) is 5.91 Å². The van der Waals surface area contributed by atoms with Crippen molar-refractivity contribution in [3.63, 3.8) is 0 Å². The Balaban J connectivity index is 1.41. The number of hydrogen-bond donors (Lipinski definition) is 0. The second-order valence-electron chi connectivity index (χ2n) is 6.76. The Morgan fingerprint density at radius 1 is 1.08 bits per heavy atom. The van der Waals surface area contributed by atoms with E-state index in [9.17, 15) is 9.59 Å². The molecule has 9 nitrogen and oxygen atoms in total. The van der Waals surface area contributed by atoms with E-state index in [4.69, 9.17) is 4.74 Å². The van der Waals surface area contributed by atoms with Crippen molar-refractivity contribution in [2.75, 3.05) is 32.8 Å². The summed E-state index contributed by atoms with van der Waals surface area (Å²) in [5.41, 5.74) is 0. The summed E-state index contributed by atoms with van der Waals surface area (Å²) in [6.45, 7) is 5.31. The number of ether oxygens (including phenoxy) is 1. The lowest BCUT2D eigenvalue weighted by Gasteiger charge is -2.37. The molecule has 1 saturated carbocycles. The zero-order chi connectivity index (χ0) is 17.6. The Labute approximate surface area is 147 Å². The Hall–Kier alpha value is -2.19. The molecule has 0 radical (unpaired) electrons. The summed E-state index contributed by atoms with van der Waals surface area (Å²) >= 11 is 0. The number of carbonyl (C=O) groups excluding carboxylic acids is 2. The van der Waals surface area contributed by atoms with Crippen molar-refractivity contribution in [3.8, 4) is 0 Å². The number of amides is 2. The van der Waals surface area contributed by atoms with Crippen molar-refractivity contribution < 1.29 is 14.3 Å². The van der Waals surface area contributed by atoms with E-state index in [0.29, 0.717) is 38.7 Å². The van der Waals surface area contributed by atoms with Crippen LogP contribution >= 0.6 is 0 Å². The van der Waals surface area contributed by atoms with Crippen LogP contribution in [0.1, 0.15) is 32.6 Å². The van der Waals surface area contributed by atoms with Crippen molar-refractivity contribution in [2.45, 2.75) is 39.2 Å². The molecule has 0 unspecified atom stereocenters. The van der Waals surface area contributed by atoms with Crippen LogP contribution in [0.4, 0.5) is 4.79 Å². The summed E-state index contributed by atoms with van der Waals surface area (Å²) in [6.07, 6.45) is 5.25. The van der Waals surface area contributed by atoms with Gasteiger partial charge in [0.25, 0.3) is 0 Å². The van der Waals surface area contributed by atoms with Crippen LogP contribution < -0.4 is 0 Å². The fourth-order valence-electron chi connectivity index (χ4n) is 3.70. The molecule has 0 bridgehead atoms. The van der Waals surface area contributed by atoms with E-state index in [1.165, 1.54) is 0 Å². The van der Waals surface area contributed by atoms with Crippen LogP contribution in [0.3, 0.4) is 0 Å². The Morgan fingerprint density at radius 2 is 1.76 bits per heavy atom. The van der Waals surface area contributed by atoms with Gasteiger partial charge in [-0.1, -0.05) is 0 Å². The number of carbonyl (C=O) groups is 2. The van der Waals surface area contributed by atoms with Gasteiger partial charge in [0.1, 0.15) is 6.33 Å². The SMILES string of the molecule is CCOC(=O)N1CCN(C(=O)C2CCC(Cn3cnnn3)CC2)CC1. The summed E-state index contributed by atoms with van der Waals surface area (Å²) in [5, 5.41) is 11.2. The molecule has 2 aliphatic rings. The monoisotopic (exact) mass is 350 g/mol. The average Bonchev–Trinajstić information content (AvgIpc) is 3.15. The third-order valence-corrected chi connectivity index (χ3v) is 5.15. The van der Waals surface area contributed by atoms with Crippen LogP contribution in [-0.2, 0) is 16.1 Å². The summed E-state index contributed by atoms with van der Waals surface area (Å²) in [5.74, 6) is 0.886. The maximum Gasteiger partial charge on any atom is 0.409 e. The molecule has 1 aromatic rings. The highest BCUT2D eigenvalue weighted by molar-refractivity contribution is 5.79. The highest BCUT2D eigenvalue weighted by atomic mass is 16.6. The van der Waals surface area contributed by atoms with E-state index in [2.05, 4.69) is 15.5 Å². The minimum atomic E-state index is -0.280. The second-order valence-corrected chi connectivity index (χ2v) is 6.76. The van der Waals surface area contributed by atoms with Crippen LogP contribution in [0.25, 0.3) is 0 Å². The quantitative estimate of drug-likeness (QED) is 0.797. The van der Waals surface area contributed by atoms with Gasteiger partial charge < -0.3 is 14.5 Å². The first-order valence-corrected chi connectivity index (χ1v) is 9.08.